The molecule has 2 heteroatoms. The van der Waals surface area contributed by atoms with Crippen LogP contribution >= 0.6 is 23.2 Å². The van der Waals surface area contributed by atoms with Gasteiger partial charge in [-0.1, -0.05) is 65.7 Å². The largest absolute Gasteiger partial charge is 0.162 e. The summed E-state index contributed by atoms with van der Waals surface area (Å²) in [7, 11) is 0. The topological polar surface area (TPSA) is 0 Å². The fourth-order valence-corrected chi connectivity index (χ4v) is 1.86. The molecule has 0 amide bonds. The van der Waals surface area contributed by atoms with Crippen LogP contribution < -0.4 is 0 Å². The summed E-state index contributed by atoms with van der Waals surface area (Å²) in [6.07, 6.45) is 7.57. The quantitative estimate of drug-likeness (QED) is 0.571. The van der Waals surface area contributed by atoms with Crippen LogP contribution in [0.5, 0.6) is 0 Å². The minimum atomic E-state index is -0.903. The maximum Gasteiger partial charge on any atom is 0.162 e. The van der Waals surface area contributed by atoms with Crippen molar-refractivity contribution in [3.8, 4) is 0 Å². The number of benzene rings is 1. The number of alkyl halides is 2. The molecule has 0 nitrogen and oxygen atoms in total. The predicted octanol–water partition coefficient (Wildman–Crippen LogP) is 3.90. The van der Waals surface area contributed by atoms with E-state index >= 15 is 0 Å². The molecule has 0 saturated heterocycles. The number of fused-ring (bicyclic) bond motifs is 1. The fraction of sp³-hybridized carbons (Fsp3) is 0.0909. The summed E-state index contributed by atoms with van der Waals surface area (Å²) in [5.74, 6) is 0. The minimum absolute atomic E-state index is 0.903. The molecule has 1 aliphatic rings. The molecule has 0 heterocycles. The molecular formula is C11H8Cl2. The lowest BCUT2D eigenvalue weighted by atomic mass is 10.1. The van der Waals surface area contributed by atoms with Crippen LogP contribution in [0.15, 0.2) is 42.5 Å². The second-order valence-corrected chi connectivity index (χ2v) is 4.31. The van der Waals surface area contributed by atoms with Gasteiger partial charge in [0.2, 0.25) is 0 Å². The van der Waals surface area contributed by atoms with Gasteiger partial charge in [-0.15, -0.1) is 0 Å². The standard InChI is InChI=1S/C11H8Cl2/c12-11(13)8-4-3-6-9-5-1-2-7-10(9)11/h1-8H. The summed E-state index contributed by atoms with van der Waals surface area (Å²) in [5, 5.41) is 0. The van der Waals surface area contributed by atoms with Crippen LogP contribution in [-0.2, 0) is 4.33 Å². The maximum absolute atomic E-state index is 6.15. The summed E-state index contributed by atoms with van der Waals surface area (Å²) in [5.41, 5.74) is 2.00. The molecule has 0 aromatic heterocycles. The van der Waals surface area contributed by atoms with Crippen LogP contribution in [0.2, 0.25) is 0 Å². The van der Waals surface area contributed by atoms with E-state index in [0.717, 1.165) is 11.1 Å². The van der Waals surface area contributed by atoms with Gasteiger partial charge in [-0.05, 0) is 17.2 Å². The third-order valence-corrected chi connectivity index (χ3v) is 2.67. The van der Waals surface area contributed by atoms with Crippen LogP contribution in [0.25, 0.3) is 6.08 Å². The Morgan fingerprint density at radius 2 is 1.77 bits per heavy atom. The zero-order valence-electron chi connectivity index (χ0n) is 6.87. The van der Waals surface area contributed by atoms with Crippen molar-refractivity contribution in [1.29, 1.82) is 0 Å². The Kier molecular flexibility index (Phi) is 2.19. The van der Waals surface area contributed by atoms with Gasteiger partial charge >= 0.3 is 0 Å². The van der Waals surface area contributed by atoms with Gasteiger partial charge < -0.3 is 0 Å². The molecule has 0 saturated carbocycles. The van der Waals surface area contributed by atoms with Crippen LogP contribution in [0.1, 0.15) is 11.1 Å². The van der Waals surface area contributed by atoms with Crippen molar-refractivity contribution in [3.05, 3.63) is 53.6 Å². The van der Waals surface area contributed by atoms with Gasteiger partial charge in [-0.3, -0.25) is 0 Å². The van der Waals surface area contributed by atoms with Crippen LogP contribution in [-0.4, -0.2) is 0 Å². The molecule has 1 aromatic carbocycles. The molecule has 66 valence electrons. The second-order valence-electron chi connectivity index (χ2n) is 2.93. The summed E-state index contributed by atoms with van der Waals surface area (Å²) in [6, 6.07) is 7.84. The molecule has 0 radical (unpaired) electrons. The zero-order chi connectivity index (χ0) is 9.31. The average molecular weight is 211 g/mol. The minimum Gasteiger partial charge on any atom is -0.0916 e. The fourth-order valence-electron chi connectivity index (χ4n) is 1.37. The summed E-state index contributed by atoms with van der Waals surface area (Å²) in [6.45, 7) is 0. The van der Waals surface area contributed by atoms with E-state index in [1.165, 1.54) is 0 Å². The third-order valence-electron chi connectivity index (χ3n) is 2.01. The van der Waals surface area contributed by atoms with Gasteiger partial charge in [0, 0.05) is 0 Å². The van der Waals surface area contributed by atoms with Gasteiger partial charge in [0.25, 0.3) is 0 Å². The van der Waals surface area contributed by atoms with Crippen LogP contribution in [0.3, 0.4) is 0 Å². The molecule has 2 rings (SSSR count). The van der Waals surface area contributed by atoms with Gasteiger partial charge in [-0.25, -0.2) is 0 Å². The Balaban J connectivity index is 2.64. The molecular weight excluding hydrogens is 203 g/mol. The number of hydrogen-bond donors (Lipinski definition) is 0. The van der Waals surface area contributed by atoms with E-state index in [0.29, 0.717) is 0 Å². The molecule has 0 N–H and O–H groups in total. The monoisotopic (exact) mass is 210 g/mol. The van der Waals surface area contributed by atoms with Gasteiger partial charge in [0.05, 0.1) is 0 Å². The van der Waals surface area contributed by atoms with Crippen molar-refractivity contribution in [3.63, 3.8) is 0 Å². The van der Waals surface area contributed by atoms with Gasteiger partial charge in [-0.2, -0.15) is 0 Å². The molecule has 1 aliphatic carbocycles. The highest BCUT2D eigenvalue weighted by Gasteiger charge is 2.25. The highest BCUT2D eigenvalue weighted by molar-refractivity contribution is 6.49. The third kappa shape index (κ3) is 1.65. The van der Waals surface area contributed by atoms with Crippen LogP contribution in [0.4, 0.5) is 0 Å². The maximum atomic E-state index is 6.15. The number of allylic oxidation sites excluding steroid dienone is 3. The first kappa shape index (κ1) is 8.86. The Bertz CT molecular complexity index is 375. The smallest absolute Gasteiger partial charge is 0.0916 e. The number of hydrogen-bond acceptors (Lipinski definition) is 0. The van der Waals surface area contributed by atoms with E-state index in [-0.39, 0.29) is 0 Å². The predicted molar refractivity (Wildman–Crippen MR) is 58.0 cm³/mol. The van der Waals surface area contributed by atoms with Crippen molar-refractivity contribution in [2.75, 3.05) is 0 Å². The van der Waals surface area contributed by atoms with E-state index in [1.807, 2.05) is 42.5 Å². The number of rotatable bonds is 0. The lowest BCUT2D eigenvalue weighted by Gasteiger charge is -2.16. The Labute approximate surface area is 87.5 Å². The summed E-state index contributed by atoms with van der Waals surface area (Å²) in [4.78, 5) is 0. The van der Waals surface area contributed by atoms with Crippen molar-refractivity contribution < 1.29 is 0 Å². The van der Waals surface area contributed by atoms with Gasteiger partial charge in [0.1, 0.15) is 0 Å². The van der Waals surface area contributed by atoms with Crippen molar-refractivity contribution in [2.24, 2.45) is 0 Å². The highest BCUT2D eigenvalue weighted by Crippen LogP contribution is 2.38. The first-order valence-electron chi connectivity index (χ1n) is 4.03. The summed E-state index contributed by atoms with van der Waals surface area (Å²) >= 11 is 12.3. The SMILES string of the molecule is ClC1(Cl)C=CC=Cc2ccccc21. The van der Waals surface area contributed by atoms with Crippen molar-refractivity contribution in [2.45, 2.75) is 4.33 Å². The first-order valence-corrected chi connectivity index (χ1v) is 4.79. The Morgan fingerprint density at radius 3 is 2.62 bits per heavy atom. The molecule has 0 spiro atoms. The Morgan fingerprint density at radius 1 is 1.00 bits per heavy atom. The second kappa shape index (κ2) is 3.21. The van der Waals surface area contributed by atoms with E-state index in [1.54, 1.807) is 6.08 Å². The number of halogens is 2. The average Bonchev–Trinajstić information content (AvgIpc) is 2.26. The lowest BCUT2D eigenvalue weighted by molar-refractivity contribution is 1.10. The molecule has 1 aromatic rings. The molecule has 0 bridgehead atoms. The van der Waals surface area contributed by atoms with Crippen LogP contribution in [0, 0.1) is 0 Å². The molecule has 0 atom stereocenters. The van der Waals surface area contributed by atoms with E-state index < -0.39 is 4.33 Å². The van der Waals surface area contributed by atoms with E-state index in [9.17, 15) is 0 Å². The van der Waals surface area contributed by atoms with Crippen molar-refractivity contribution in [1.82, 2.24) is 0 Å². The van der Waals surface area contributed by atoms with E-state index in [2.05, 4.69) is 0 Å². The molecule has 0 fully saturated rings. The molecule has 0 unspecified atom stereocenters. The first-order chi connectivity index (χ1) is 6.20. The van der Waals surface area contributed by atoms with E-state index in [4.69, 9.17) is 23.2 Å². The molecule has 13 heavy (non-hydrogen) atoms. The summed E-state index contributed by atoms with van der Waals surface area (Å²) < 4.78 is -0.903. The van der Waals surface area contributed by atoms with Crippen molar-refractivity contribution >= 4 is 29.3 Å². The zero-order valence-corrected chi connectivity index (χ0v) is 8.39. The highest BCUT2D eigenvalue weighted by atomic mass is 35.5. The Hall–Kier alpha value is -0.720. The lowest BCUT2D eigenvalue weighted by Crippen LogP contribution is -2.06. The van der Waals surface area contributed by atoms with Gasteiger partial charge in [0.15, 0.2) is 4.33 Å². The molecule has 0 aliphatic heterocycles. The normalized spacial score (nSPS) is 18.0.